The van der Waals surface area contributed by atoms with Crippen molar-refractivity contribution in [3.05, 3.63) is 46.6 Å². The molecular weight excluding hydrogens is 366 g/mol. The molecule has 0 radical (unpaired) electrons. The summed E-state index contributed by atoms with van der Waals surface area (Å²) in [7, 11) is 0. The van der Waals surface area contributed by atoms with Gasteiger partial charge in [-0.25, -0.2) is 9.97 Å². The number of fused-ring (bicyclic) bond motifs is 4. The second kappa shape index (κ2) is 7.61. The van der Waals surface area contributed by atoms with Crippen LogP contribution in [0.2, 0.25) is 0 Å². The molecule has 7 heteroatoms. The average Bonchev–Trinajstić information content (AvgIpc) is 2.77. The Morgan fingerprint density at radius 2 is 1.83 bits per heavy atom. The Bertz CT molecular complexity index is 951. The first-order valence-corrected chi connectivity index (χ1v) is 10.8. The number of carbonyl (C=O) groups is 1. The Balaban J connectivity index is 1.37. The first kappa shape index (κ1) is 18.3. The third-order valence-electron chi connectivity index (χ3n) is 6.67. The number of nitrogens with one attached hydrogen (secondary N) is 1. The van der Waals surface area contributed by atoms with Gasteiger partial charge in [0.1, 0.15) is 5.69 Å². The lowest BCUT2D eigenvalue weighted by atomic mass is 9.83. The maximum atomic E-state index is 13.1. The highest BCUT2D eigenvalue weighted by Gasteiger charge is 2.36. The zero-order valence-electron chi connectivity index (χ0n) is 16.6. The number of piperidine rings is 1. The van der Waals surface area contributed by atoms with Crippen LogP contribution < -0.4 is 15.8 Å². The standard InChI is InChI=1S/C22H27N5O2/c28-20(16-5-2-1-3-6-16)25-18-7-8-19-17-11-15(13-27(19)21(18)29)12-26(14-17)22-23-9-4-10-24-22/h4,7-10,15-17H,1-3,5-6,11-14H2,(H,25,28). The minimum atomic E-state index is -0.0641. The van der Waals surface area contributed by atoms with Crippen LogP contribution in [0.4, 0.5) is 11.6 Å². The Hall–Kier alpha value is -2.70. The van der Waals surface area contributed by atoms with Crippen LogP contribution in [0, 0.1) is 11.8 Å². The van der Waals surface area contributed by atoms with E-state index in [9.17, 15) is 9.59 Å². The van der Waals surface area contributed by atoms with Crippen molar-refractivity contribution in [3.63, 3.8) is 0 Å². The van der Waals surface area contributed by atoms with Crippen LogP contribution in [0.5, 0.6) is 0 Å². The molecule has 3 aliphatic rings. The van der Waals surface area contributed by atoms with Gasteiger partial charge in [-0.3, -0.25) is 9.59 Å². The molecule has 1 saturated carbocycles. The van der Waals surface area contributed by atoms with Gasteiger partial charge in [-0.1, -0.05) is 19.3 Å². The number of pyridine rings is 1. The molecule has 2 bridgehead atoms. The zero-order valence-corrected chi connectivity index (χ0v) is 16.6. The first-order valence-electron chi connectivity index (χ1n) is 10.8. The Morgan fingerprint density at radius 3 is 2.62 bits per heavy atom. The van der Waals surface area contributed by atoms with Gasteiger partial charge in [0.2, 0.25) is 11.9 Å². The normalized spacial score (nSPS) is 24.1. The molecule has 1 aliphatic carbocycles. The predicted octanol–water partition coefficient (Wildman–Crippen LogP) is 2.78. The van der Waals surface area contributed by atoms with Crippen LogP contribution in [0.25, 0.3) is 0 Å². The average molecular weight is 393 g/mol. The van der Waals surface area contributed by atoms with E-state index in [0.717, 1.165) is 56.8 Å². The second-order valence-electron chi connectivity index (χ2n) is 8.66. The fourth-order valence-corrected chi connectivity index (χ4v) is 5.26. The van der Waals surface area contributed by atoms with E-state index >= 15 is 0 Å². The molecule has 1 saturated heterocycles. The summed E-state index contributed by atoms with van der Waals surface area (Å²) < 4.78 is 1.89. The zero-order chi connectivity index (χ0) is 19.8. The number of amides is 1. The SMILES string of the molecule is O=C(Nc1ccc2n(c1=O)CC1CC2CN(c2ncccn2)C1)C1CCCCC1. The van der Waals surface area contributed by atoms with Crippen molar-refractivity contribution in [2.45, 2.75) is 51.0 Å². The molecule has 0 aromatic carbocycles. The number of anilines is 2. The van der Waals surface area contributed by atoms with Crippen LogP contribution in [-0.4, -0.2) is 33.5 Å². The van der Waals surface area contributed by atoms with Crippen molar-refractivity contribution in [2.75, 3.05) is 23.3 Å². The minimum Gasteiger partial charge on any atom is -0.340 e. The molecule has 1 amide bonds. The Kier molecular flexibility index (Phi) is 4.81. The van der Waals surface area contributed by atoms with E-state index in [2.05, 4.69) is 20.2 Å². The van der Waals surface area contributed by atoms with Crippen LogP contribution in [0.15, 0.2) is 35.4 Å². The number of carbonyl (C=O) groups excluding carboxylic acids is 1. The smallest absolute Gasteiger partial charge is 0.274 e. The lowest BCUT2D eigenvalue weighted by Crippen LogP contribution is -2.48. The fourth-order valence-electron chi connectivity index (χ4n) is 5.26. The van der Waals surface area contributed by atoms with Gasteiger partial charge in [0.25, 0.3) is 5.56 Å². The maximum absolute atomic E-state index is 13.1. The van der Waals surface area contributed by atoms with Crippen molar-refractivity contribution in [1.29, 1.82) is 0 Å². The quantitative estimate of drug-likeness (QED) is 0.867. The highest BCUT2D eigenvalue weighted by atomic mass is 16.2. The van der Waals surface area contributed by atoms with Gasteiger partial charge in [0.05, 0.1) is 0 Å². The topological polar surface area (TPSA) is 80.1 Å². The van der Waals surface area contributed by atoms with Crippen molar-refractivity contribution < 1.29 is 4.79 Å². The summed E-state index contributed by atoms with van der Waals surface area (Å²) in [6, 6.07) is 5.65. The van der Waals surface area contributed by atoms with E-state index in [-0.39, 0.29) is 23.3 Å². The molecule has 2 fully saturated rings. The largest absolute Gasteiger partial charge is 0.340 e. The molecule has 29 heavy (non-hydrogen) atoms. The molecule has 2 atom stereocenters. The van der Waals surface area contributed by atoms with Gasteiger partial charge in [0.15, 0.2) is 0 Å². The summed E-state index contributed by atoms with van der Waals surface area (Å²) in [5.74, 6) is 1.47. The van der Waals surface area contributed by atoms with Gasteiger partial charge in [-0.15, -0.1) is 0 Å². The molecule has 5 rings (SSSR count). The van der Waals surface area contributed by atoms with Gasteiger partial charge in [-0.2, -0.15) is 0 Å². The van der Waals surface area contributed by atoms with Gasteiger partial charge < -0.3 is 14.8 Å². The summed E-state index contributed by atoms with van der Waals surface area (Å²) >= 11 is 0. The predicted molar refractivity (Wildman–Crippen MR) is 111 cm³/mol. The minimum absolute atomic E-state index is 0.00533. The third-order valence-corrected chi connectivity index (χ3v) is 6.67. The van der Waals surface area contributed by atoms with Gasteiger partial charge in [0, 0.05) is 49.6 Å². The number of hydrogen-bond donors (Lipinski definition) is 1. The van der Waals surface area contributed by atoms with E-state index in [1.54, 1.807) is 18.5 Å². The molecule has 2 unspecified atom stereocenters. The van der Waals surface area contributed by atoms with Gasteiger partial charge in [-0.05, 0) is 43.4 Å². The molecule has 2 aromatic heterocycles. The molecule has 1 N–H and O–H groups in total. The number of aromatic nitrogens is 3. The number of nitrogens with zero attached hydrogens (tertiary/aromatic N) is 4. The number of rotatable bonds is 3. The highest BCUT2D eigenvalue weighted by Crippen LogP contribution is 2.36. The molecule has 2 aromatic rings. The van der Waals surface area contributed by atoms with Crippen molar-refractivity contribution in [3.8, 4) is 0 Å². The summed E-state index contributed by atoms with van der Waals surface area (Å²) in [6.07, 6.45) is 9.90. The second-order valence-corrected chi connectivity index (χ2v) is 8.66. The van der Waals surface area contributed by atoms with E-state index < -0.39 is 0 Å². The molecule has 0 spiro atoms. The Labute approximate surface area is 170 Å². The molecular formula is C22H27N5O2. The molecule has 2 aliphatic heterocycles. The molecule has 4 heterocycles. The third kappa shape index (κ3) is 3.54. The van der Waals surface area contributed by atoms with Crippen LogP contribution in [-0.2, 0) is 11.3 Å². The van der Waals surface area contributed by atoms with E-state index in [4.69, 9.17) is 0 Å². The molecule has 7 nitrogen and oxygen atoms in total. The number of hydrogen-bond acceptors (Lipinski definition) is 5. The molecule has 152 valence electrons. The van der Waals surface area contributed by atoms with Crippen molar-refractivity contribution >= 4 is 17.5 Å². The van der Waals surface area contributed by atoms with Crippen molar-refractivity contribution in [2.24, 2.45) is 11.8 Å². The summed E-state index contributed by atoms with van der Waals surface area (Å²) in [5, 5.41) is 2.93. The monoisotopic (exact) mass is 393 g/mol. The van der Waals surface area contributed by atoms with E-state index in [1.165, 1.54) is 6.42 Å². The lowest BCUT2D eigenvalue weighted by Gasteiger charge is -2.42. The van der Waals surface area contributed by atoms with Crippen LogP contribution >= 0.6 is 0 Å². The summed E-state index contributed by atoms with van der Waals surface area (Å²) in [5.41, 5.74) is 1.42. The highest BCUT2D eigenvalue weighted by molar-refractivity contribution is 5.92. The first-order chi connectivity index (χ1) is 14.2. The van der Waals surface area contributed by atoms with Crippen molar-refractivity contribution in [1.82, 2.24) is 14.5 Å². The fraction of sp³-hybridized carbons (Fsp3) is 0.545. The van der Waals surface area contributed by atoms with E-state index in [1.807, 2.05) is 16.7 Å². The van der Waals surface area contributed by atoms with Gasteiger partial charge >= 0.3 is 0 Å². The van der Waals surface area contributed by atoms with E-state index in [0.29, 0.717) is 18.2 Å². The summed E-state index contributed by atoms with van der Waals surface area (Å²) in [6.45, 7) is 2.35. The maximum Gasteiger partial charge on any atom is 0.274 e. The Morgan fingerprint density at radius 1 is 1.03 bits per heavy atom. The lowest BCUT2D eigenvalue weighted by molar-refractivity contribution is -0.120. The van der Waals surface area contributed by atoms with Crippen LogP contribution in [0.1, 0.15) is 50.1 Å². The summed E-state index contributed by atoms with van der Waals surface area (Å²) in [4.78, 5) is 36.7. The van der Waals surface area contributed by atoms with Crippen LogP contribution in [0.3, 0.4) is 0 Å².